The molecule has 4 bridgehead atoms. The van der Waals surface area contributed by atoms with Gasteiger partial charge in [0.2, 0.25) is 5.91 Å². The minimum absolute atomic E-state index is 0.0857. The van der Waals surface area contributed by atoms with Crippen molar-refractivity contribution in [3.8, 4) is 0 Å². The maximum atomic E-state index is 13.3. The third kappa shape index (κ3) is 3.46. The van der Waals surface area contributed by atoms with E-state index in [1.165, 1.54) is 30.6 Å². The van der Waals surface area contributed by atoms with Crippen LogP contribution in [0.2, 0.25) is 0 Å². The van der Waals surface area contributed by atoms with E-state index in [2.05, 4.69) is 22.2 Å². The summed E-state index contributed by atoms with van der Waals surface area (Å²) in [6, 6.07) is 5.72. The van der Waals surface area contributed by atoms with Gasteiger partial charge < -0.3 is 15.1 Å². The molecule has 4 aliphatic carbocycles. The second kappa shape index (κ2) is 7.27. The Kier molecular flexibility index (Phi) is 4.62. The number of carbonyl (C=O) groups excluding carboxylic acids is 2. The number of piperazine rings is 1. The fraction of sp³-hybridized carbons (Fsp3) is 0.625. The van der Waals surface area contributed by atoms with Crippen molar-refractivity contribution in [2.45, 2.75) is 38.5 Å². The number of aromatic nitrogens is 1. The highest BCUT2D eigenvalue weighted by Crippen LogP contribution is 2.60. The first kappa shape index (κ1) is 19.7. The Balaban J connectivity index is 1.19. The first-order chi connectivity index (χ1) is 15.0. The molecule has 2 amide bonds. The predicted octanol–water partition coefficient (Wildman–Crippen LogP) is 3.84. The van der Waals surface area contributed by atoms with Gasteiger partial charge in [-0.1, -0.05) is 11.3 Å². The van der Waals surface area contributed by atoms with Crippen molar-refractivity contribution < 1.29 is 9.59 Å². The fourth-order valence-corrected chi connectivity index (χ4v) is 7.82. The van der Waals surface area contributed by atoms with E-state index in [1.807, 2.05) is 23.1 Å². The maximum absolute atomic E-state index is 13.3. The van der Waals surface area contributed by atoms with Crippen LogP contribution in [-0.2, 0) is 4.79 Å². The lowest BCUT2D eigenvalue weighted by Crippen LogP contribution is -2.51. The van der Waals surface area contributed by atoms with Gasteiger partial charge in [-0.25, -0.2) is 4.98 Å². The molecule has 0 radical (unpaired) electrons. The van der Waals surface area contributed by atoms with Crippen molar-refractivity contribution in [2.24, 2.45) is 23.2 Å². The molecular weight excluding hydrogens is 408 g/mol. The van der Waals surface area contributed by atoms with Gasteiger partial charge in [0.25, 0.3) is 5.91 Å². The van der Waals surface area contributed by atoms with E-state index in [-0.39, 0.29) is 17.2 Å². The van der Waals surface area contributed by atoms with Crippen molar-refractivity contribution in [1.82, 2.24) is 14.8 Å². The fourth-order valence-electron chi connectivity index (χ4n) is 6.92. The Morgan fingerprint density at radius 1 is 1.03 bits per heavy atom. The lowest BCUT2D eigenvalue weighted by atomic mass is 9.49. The van der Waals surface area contributed by atoms with Crippen LogP contribution < -0.4 is 5.32 Å². The van der Waals surface area contributed by atoms with Crippen LogP contribution in [0.1, 0.15) is 48.9 Å². The summed E-state index contributed by atoms with van der Waals surface area (Å²) < 4.78 is 0.959. The molecule has 1 aromatic heterocycles. The molecule has 1 aliphatic heterocycles. The number of rotatable bonds is 3. The van der Waals surface area contributed by atoms with Gasteiger partial charge in [0, 0.05) is 31.7 Å². The first-order valence-electron chi connectivity index (χ1n) is 11.7. The van der Waals surface area contributed by atoms with Gasteiger partial charge in [-0.3, -0.25) is 9.59 Å². The largest absolute Gasteiger partial charge is 0.336 e. The Morgan fingerprint density at radius 3 is 2.32 bits per heavy atom. The topological polar surface area (TPSA) is 65.5 Å². The summed E-state index contributed by atoms with van der Waals surface area (Å²) in [5, 5.41) is 3.84. The third-order valence-electron chi connectivity index (χ3n) is 8.17. The monoisotopic (exact) mass is 438 g/mol. The average Bonchev–Trinajstić information content (AvgIpc) is 3.14. The molecular formula is C24H30N4O2S. The number of nitrogens with zero attached hydrogens (tertiary/aromatic N) is 3. The van der Waals surface area contributed by atoms with E-state index in [0.29, 0.717) is 10.7 Å². The molecule has 4 saturated carbocycles. The van der Waals surface area contributed by atoms with E-state index < -0.39 is 0 Å². The molecule has 0 spiro atoms. The van der Waals surface area contributed by atoms with Gasteiger partial charge >= 0.3 is 0 Å². The zero-order valence-electron chi connectivity index (χ0n) is 18.1. The third-order valence-corrected chi connectivity index (χ3v) is 9.10. The molecule has 5 aliphatic rings. The van der Waals surface area contributed by atoms with Crippen LogP contribution >= 0.6 is 11.3 Å². The number of thiazole rings is 1. The van der Waals surface area contributed by atoms with Crippen LogP contribution in [0.3, 0.4) is 0 Å². The number of hydrogen-bond donors (Lipinski definition) is 1. The second-order valence-corrected chi connectivity index (χ2v) is 11.5. The summed E-state index contributed by atoms with van der Waals surface area (Å²) in [4.78, 5) is 35.1. The predicted molar refractivity (Wildman–Crippen MR) is 122 cm³/mol. The van der Waals surface area contributed by atoms with Crippen molar-refractivity contribution >= 4 is 38.5 Å². The zero-order valence-corrected chi connectivity index (χ0v) is 18.9. The summed E-state index contributed by atoms with van der Waals surface area (Å²) >= 11 is 1.49. The van der Waals surface area contributed by atoms with Crippen molar-refractivity contribution in [3.63, 3.8) is 0 Å². The zero-order chi connectivity index (χ0) is 21.2. The van der Waals surface area contributed by atoms with Crippen LogP contribution in [0.15, 0.2) is 18.2 Å². The van der Waals surface area contributed by atoms with Gasteiger partial charge in [0.15, 0.2) is 5.13 Å². The highest BCUT2D eigenvalue weighted by Gasteiger charge is 2.54. The minimum Gasteiger partial charge on any atom is -0.336 e. The van der Waals surface area contributed by atoms with Gasteiger partial charge in [0.1, 0.15) is 0 Å². The first-order valence-corrected chi connectivity index (χ1v) is 12.5. The smallest absolute Gasteiger partial charge is 0.253 e. The standard InChI is InChI=1S/C24H30N4O2S/c1-27-4-6-28(7-5-27)21(29)18-2-3-19-20(11-18)31-23(25-19)26-22(30)24-12-15-8-16(13-24)10-17(9-15)14-24/h2-3,11,15-17H,4-10,12-14H2,1H3,(H,25,26,30). The van der Waals surface area contributed by atoms with Crippen molar-refractivity contribution in [3.05, 3.63) is 23.8 Å². The van der Waals surface area contributed by atoms with E-state index in [0.717, 1.165) is 73.4 Å². The molecule has 1 N–H and O–H groups in total. The van der Waals surface area contributed by atoms with Gasteiger partial charge in [0.05, 0.1) is 15.6 Å². The van der Waals surface area contributed by atoms with E-state index in [4.69, 9.17) is 0 Å². The van der Waals surface area contributed by atoms with Crippen molar-refractivity contribution in [2.75, 3.05) is 38.5 Å². The number of anilines is 1. The van der Waals surface area contributed by atoms with Crippen LogP contribution in [0.5, 0.6) is 0 Å². The van der Waals surface area contributed by atoms with E-state index in [9.17, 15) is 9.59 Å². The van der Waals surface area contributed by atoms with Crippen molar-refractivity contribution in [1.29, 1.82) is 0 Å². The summed E-state index contributed by atoms with van der Waals surface area (Å²) in [5.74, 6) is 2.50. The van der Waals surface area contributed by atoms with Crippen LogP contribution in [-0.4, -0.2) is 59.8 Å². The Labute approximate surface area is 187 Å². The second-order valence-electron chi connectivity index (χ2n) is 10.4. The number of fused-ring (bicyclic) bond motifs is 1. The highest BCUT2D eigenvalue weighted by atomic mass is 32.1. The number of nitrogens with one attached hydrogen (secondary N) is 1. The van der Waals surface area contributed by atoms with Gasteiger partial charge in [-0.05, 0) is 81.5 Å². The van der Waals surface area contributed by atoms with E-state index in [1.54, 1.807) is 0 Å². The SMILES string of the molecule is CN1CCN(C(=O)c2ccc3nc(NC(=O)C45CC6CC(CC(C6)C4)C5)sc3c2)CC1. The molecule has 1 aromatic carbocycles. The molecule has 2 aromatic rings. The number of amides is 2. The molecule has 0 atom stereocenters. The summed E-state index contributed by atoms with van der Waals surface area (Å²) in [6.45, 7) is 3.36. The average molecular weight is 439 g/mol. The lowest BCUT2D eigenvalue weighted by molar-refractivity contribution is -0.140. The molecule has 5 fully saturated rings. The Bertz CT molecular complexity index is 1000. The summed E-state index contributed by atoms with van der Waals surface area (Å²) in [7, 11) is 2.09. The normalized spacial score (nSPS) is 32.5. The molecule has 7 rings (SSSR count). The molecule has 7 heteroatoms. The summed E-state index contributed by atoms with van der Waals surface area (Å²) in [5.41, 5.74) is 1.38. The molecule has 2 heterocycles. The molecule has 0 unspecified atom stereocenters. The number of hydrogen-bond acceptors (Lipinski definition) is 5. The number of benzene rings is 1. The maximum Gasteiger partial charge on any atom is 0.253 e. The lowest BCUT2D eigenvalue weighted by Gasteiger charge is -2.55. The number of carbonyl (C=O) groups is 2. The number of likely N-dealkylation sites (N-methyl/N-ethyl adjacent to an activating group) is 1. The Morgan fingerprint density at radius 2 is 1.68 bits per heavy atom. The van der Waals surface area contributed by atoms with Crippen LogP contribution in [0.25, 0.3) is 10.2 Å². The van der Waals surface area contributed by atoms with Crippen LogP contribution in [0.4, 0.5) is 5.13 Å². The van der Waals surface area contributed by atoms with Gasteiger partial charge in [-0.2, -0.15) is 0 Å². The van der Waals surface area contributed by atoms with Crippen LogP contribution in [0, 0.1) is 23.2 Å². The summed E-state index contributed by atoms with van der Waals surface area (Å²) in [6.07, 6.45) is 7.16. The minimum atomic E-state index is -0.171. The highest BCUT2D eigenvalue weighted by molar-refractivity contribution is 7.22. The van der Waals surface area contributed by atoms with Gasteiger partial charge in [-0.15, -0.1) is 0 Å². The van der Waals surface area contributed by atoms with E-state index >= 15 is 0 Å². The quantitative estimate of drug-likeness (QED) is 0.791. The Hall–Kier alpha value is -1.99. The molecule has 164 valence electrons. The molecule has 1 saturated heterocycles. The molecule has 6 nitrogen and oxygen atoms in total. The molecule has 31 heavy (non-hydrogen) atoms.